The van der Waals surface area contributed by atoms with Crippen LogP contribution in [0.25, 0.3) is 0 Å². The molecule has 0 saturated carbocycles. The van der Waals surface area contributed by atoms with Crippen molar-refractivity contribution in [1.82, 2.24) is 0 Å². The number of hydrogen-bond donors (Lipinski definition) is 2. The van der Waals surface area contributed by atoms with E-state index in [0.717, 1.165) is 5.69 Å². The molecule has 0 aliphatic heterocycles. The van der Waals surface area contributed by atoms with E-state index in [9.17, 15) is 10.1 Å². The minimum atomic E-state index is -0.493. The number of amides is 1. The second-order valence-corrected chi connectivity index (χ2v) is 6.00. The lowest BCUT2D eigenvalue weighted by Crippen LogP contribution is -2.14. The molecule has 2 rings (SSSR count). The van der Waals surface area contributed by atoms with Crippen LogP contribution in [0.1, 0.15) is 25.3 Å². The number of benzene rings is 2. The number of nitrogens with zero attached hydrogens (tertiary/aromatic N) is 1. The normalized spacial score (nSPS) is 11.0. The summed E-state index contributed by atoms with van der Waals surface area (Å²) in [5.41, 5.74) is 2.51. The first-order valence-electron chi connectivity index (χ1n) is 7.53. The number of hydrogen-bond acceptors (Lipinski definition) is 3. The third-order valence-corrected chi connectivity index (χ3v) is 3.62. The van der Waals surface area contributed by atoms with Gasteiger partial charge in [0.1, 0.15) is 11.6 Å². The molecule has 2 aromatic carbocycles. The van der Waals surface area contributed by atoms with E-state index in [1.807, 2.05) is 30.3 Å². The molecule has 0 fully saturated rings. The summed E-state index contributed by atoms with van der Waals surface area (Å²) in [6.07, 6.45) is 1.40. The first-order valence-corrected chi connectivity index (χ1v) is 7.91. The minimum Gasteiger partial charge on any atom is -0.360 e. The molecular weight excluding hydrogens is 322 g/mol. The van der Waals surface area contributed by atoms with Crippen LogP contribution in [0.4, 0.5) is 11.4 Å². The summed E-state index contributed by atoms with van der Waals surface area (Å²) in [5, 5.41) is 15.4. The number of halogens is 1. The van der Waals surface area contributed by atoms with Crippen molar-refractivity contribution in [3.8, 4) is 6.07 Å². The average molecular weight is 340 g/mol. The van der Waals surface area contributed by atoms with Crippen molar-refractivity contribution in [2.24, 2.45) is 0 Å². The Labute approximate surface area is 146 Å². The van der Waals surface area contributed by atoms with E-state index in [-0.39, 0.29) is 5.57 Å². The smallest absolute Gasteiger partial charge is 0.267 e. The monoisotopic (exact) mass is 339 g/mol. The highest BCUT2D eigenvalue weighted by Gasteiger charge is 2.09. The number of anilines is 2. The summed E-state index contributed by atoms with van der Waals surface area (Å²) in [7, 11) is 0. The van der Waals surface area contributed by atoms with Gasteiger partial charge in [-0.3, -0.25) is 4.79 Å². The van der Waals surface area contributed by atoms with Crippen LogP contribution in [0.3, 0.4) is 0 Å². The van der Waals surface area contributed by atoms with Crippen LogP contribution in [0, 0.1) is 11.3 Å². The summed E-state index contributed by atoms with van der Waals surface area (Å²) in [6.45, 7) is 4.21. The molecular formula is C19H18ClN3O. The summed E-state index contributed by atoms with van der Waals surface area (Å²) < 4.78 is 0. The first-order chi connectivity index (χ1) is 11.5. The molecule has 0 aliphatic rings. The van der Waals surface area contributed by atoms with Crippen molar-refractivity contribution in [3.05, 3.63) is 70.9 Å². The van der Waals surface area contributed by atoms with Gasteiger partial charge in [0.2, 0.25) is 0 Å². The van der Waals surface area contributed by atoms with Gasteiger partial charge in [-0.05, 0) is 41.8 Å². The van der Waals surface area contributed by atoms with Crippen LogP contribution < -0.4 is 10.6 Å². The zero-order valence-corrected chi connectivity index (χ0v) is 14.3. The average Bonchev–Trinajstić information content (AvgIpc) is 2.55. The van der Waals surface area contributed by atoms with Crippen LogP contribution in [0.5, 0.6) is 0 Å². The molecule has 0 aliphatic carbocycles. The molecule has 122 valence electrons. The van der Waals surface area contributed by atoms with E-state index in [1.54, 1.807) is 24.3 Å². The van der Waals surface area contributed by atoms with Gasteiger partial charge < -0.3 is 10.6 Å². The fourth-order valence-electron chi connectivity index (χ4n) is 2.06. The molecule has 4 nitrogen and oxygen atoms in total. The van der Waals surface area contributed by atoms with Crippen LogP contribution in [-0.4, -0.2) is 5.91 Å². The van der Waals surface area contributed by atoms with Gasteiger partial charge in [-0.25, -0.2) is 0 Å². The Balaban J connectivity index is 2.10. The Hall–Kier alpha value is -2.77. The van der Waals surface area contributed by atoms with Crippen molar-refractivity contribution in [3.63, 3.8) is 0 Å². The van der Waals surface area contributed by atoms with Gasteiger partial charge in [0.15, 0.2) is 0 Å². The summed E-state index contributed by atoms with van der Waals surface area (Å²) in [5.74, 6) is -0.0930. The van der Waals surface area contributed by atoms with Gasteiger partial charge in [-0.1, -0.05) is 43.6 Å². The van der Waals surface area contributed by atoms with Crippen LogP contribution in [-0.2, 0) is 4.79 Å². The van der Waals surface area contributed by atoms with E-state index in [4.69, 9.17) is 11.6 Å². The maximum Gasteiger partial charge on any atom is 0.267 e. The highest BCUT2D eigenvalue weighted by Crippen LogP contribution is 2.19. The Morgan fingerprint density at radius 2 is 1.88 bits per heavy atom. The molecule has 0 bridgehead atoms. The SMILES string of the molecule is CC(C)c1cccc(N/C=C(/C#N)C(=O)Nc2cccc(Cl)c2)c1. The number of carbonyl (C=O) groups excluding carboxylic acids is 1. The van der Waals surface area contributed by atoms with Gasteiger partial charge in [-0.2, -0.15) is 5.26 Å². The summed E-state index contributed by atoms with van der Waals surface area (Å²) in [4.78, 5) is 12.2. The van der Waals surface area contributed by atoms with Crippen LogP contribution in [0.2, 0.25) is 5.02 Å². The molecule has 1 amide bonds. The lowest BCUT2D eigenvalue weighted by atomic mass is 10.0. The van der Waals surface area contributed by atoms with Gasteiger partial charge >= 0.3 is 0 Å². The standard InChI is InChI=1S/C19H18ClN3O/c1-13(2)14-5-3-7-17(9-14)22-12-15(11-21)19(24)23-18-8-4-6-16(20)10-18/h3-10,12-13,22H,1-2H3,(H,23,24)/b15-12-. The maximum absolute atomic E-state index is 12.2. The predicted octanol–water partition coefficient (Wildman–Crippen LogP) is 4.92. The van der Waals surface area contributed by atoms with Crippen molar-refractivity contribution in [2.75, 3.05) is 10.6 Å². The number of nitriles is 1. The number of nitrogens with one attached hydrogen (secondary N) is 2. The topological polar surface area (TPSA) is 64.9 Å². The second kappa shape index (κ2) is 8.19. The third kappa shape index (κ3) is 4.87. The molecule has 0 radical (unpaired) electrons. The molecule has 0 heterocycles. The number of rotatable bonds is 5. The molecule has 0 saturated heterocycles. The fourth-order valence-corrected chi connectivity index (χ4v) is 2.25. The third-order valence-electron chi connectivity index (χ3n) is 3.38. The van der Waals surface area contributed by atoms with E-state index >= 15 is 0 Å². The molecule has 0 atom stereocenters. The fraction of sp³-hybridized carbons (Fsp3) is 0.158. The van der Waals surface area contributed by atoms with Crippen molar-refractivity contribution in [2.45, 2.75) is 19.8 Å². The first kappa shape index (κ1) is 17.6. The zero-order chi connectivity index (χ0) is 17.5. The van der Waals surface area contributed by atoms with Crippen LogP contribution >= 0.6 is 11.6 Å². The molecule has 0 spiro atoms. The second-order valence-electron chi connectivity index (χ2n) is 5.56. The van der Waals surface area contributed by atoms with Gasteiger partial charge in [-0.15, -0.1) is 0 Å². The highest BCUT2D eigenvalue weighted by molar-refractivity contribution is 6.31. The lowest BCUT2D eigenvalue weighted by Gasteiger charge is -2.08. The van der Waals surface area contributed by atoms with E-state index in [2.05, 4.69) is 24.5 Å². The van der Waals surface area contributed by atoms with E-state index in [1.165, 1.54) is 11.8 Å². The molecule has 2 aromatic rings. The van der Waals surface area contributed by atoms with Crippen LogP contribution in [0.15, 0.2) is 60.3 Å². The molecule has 0 unspecified atom stereocenters. The Morgan fingerprint density at radius 3 is 2.54 bits per heavy atom. The van der Waals surface area contributed by atoms with Gasteiger partial charge in [0.05, 0.1) is 0 Å². The lowest BCUT2D eigenvalue weighted by molar-refractivity contribution is -0.112. The van der Waals surface area contributed by atoms with E-state index in [0.29, 0.717) is 16.6 Å². The quantitative estimate of drug-likeness (QED) is 0.600. The summed E-state index contributed by atoms with van der Waals surface area (Å²) in [6, 6.07) is 16.5. The van der Waals surface area contributed by atoms with Gasteiger partial charge in [0.25, 0.3) is 5.91 Å². The predicted molar refractivity (Wildman–Crippen MR) is 97.9 cm³/mol. The zero-order valence-electron chi connectivity index (χ0n) is 13.5. The molecule has 24 heavy (non-hydrogen) atoms. The van der Waals surface area contributed by atoms with Gasteiger partial charge in [0, 0.05) is 22.6 Å². The summed E-state index contributed by atoms with van der Waals surface area (Å²) >= 11 is 5.88. The van der Waals surface area contributed by atoms with Crippen molar-refractivity contribution in [1.29, 1.82) is 5.26 Å². The maximum atomic E-state index is 12.2. The molecule has 0 aromatic heterocycles. The Bertz CT molecular complexity index is 806. The highest BCUT2D eigenvalue weighted by atomic mass is 35.5. The largest absolute Gasteiger partial charge is 0.360 e. The van der Waals surface area contributed by atoms with E-state index < -0.39 is 5.91 Å². The molecule has 2 N–H and O–H groups in total. The molecule has 5 heteroatoms. The Kier molecular flexibility index (Phi) is 6.00. The number of carbonyl (C=O) groups is 1. The van der Waals surface area contributed by atoms with Crippen molar-refractivity contribution >= 4 is 28.9 Å². The Morgan fingerprint density at radius 1 is 1.17 bits per heavy atom. The van der Waals surface area contributed by atoms with Crippen molar-refractivity contribution < 1.29 is 4.79 Å². The minimum absolute atomic E-state index is 0.0232.